The van der Waals surface area contributed by atoms with Crippen LogP contribution in [0.15, 0.2) is 28.5 Å². The molecule has 0 aliphatic heterocycles. The van der Waals surface area contributed by atoms with E-state index in [1.807, 2.05) is 0 Å². The second-order valence-electron chi connectivity index (χ2n) is 4.17. The summed E-state index contributed by atoms with van der Waals surface area (Å²) in [6.07, 6.45) is -0.252. The lowest BCUT2D eigenvalue weighted by molar-refractivity contribution is -0.137. The molecule has 0 saturated carbocycles. The lowest BCUT2D eigenvalue weighted by Gasteiger charge is -2.14. The summed E-state index contributed by atoms with van der Waals surface area (Å²) in [5, 5.41) is 9.50. The highest BCUT2D eigenvalue weighted by molar-refractivity contribution is 7.91. The van der Waals surface area contributed by atoms with E-state index in [1.54, 1.807) is 24.3 Å². The second-order valence-corrected chi connectivity index (χ2v) is 7.84. The molecule has 0 unspecified atom stereocenters. The molecule has 5 nitrogen and oxygen atoms in total. The third kappa shape index (κ3) is 2.80. The monoisotopic (exact) mass is 333 g/mol. The number of carboxylic acid groups (broad SMARTS) is 1. The predicted molar refractivity (Wildman–Crippen MR) is 78.9 cm³/mol. The number of sulfonamides is 1. The third-order valence-electron chi connectivity index (χ3n) is 2.79. The summed E-state index contributed by atoms with van der Waals surface area (Å²) < 4.78 is 26.6. The Hall–Kier alpha value is -1.15. The standard InChI is InChI=1S/C12H12ClNO4S2/c1-14(7-6-10(15)16)20(17,18)12-11(13)8-4-2-3-5-9(8)19-12/h2-5H,6-7H2,1H3,(H,15,16). The first-order valence-electron chi connectivity index (χ1n) is 5.69. The van der Waals surface area contributed by atoms with Crippen LogP contribution in [0.25, 0.3) is 10.1 Å². The zero-order chi connectivity index (χ0) is 14.9. The number of carboxylic acids is 1. The van der Waals surface area contributed by atoms with Crippen LogP contribution in [0.5, 0.6) is 0 Å². The summed E-state index contributed by atoms with van der Waals surface area (Å²) in [4.78, 5) is 10.5. The van der Waals surface area contributed by atoms with Gasteiger partial charge in [0.15, 0.2) is 4.21 Å². The van der Waals surface area contributed by atoms with Gasteiger partial charge in [-0.15, -0.1) is 11.3 Å². The molecule has 0 aliphatic carbocycles. The Bertz CT molecular complexity index is 754. The van der Waals surface area contributed by atoms with Gasteiger partial charge in [0.2, 0.25) is 0 Å². The Balaban J connectivity index is 2.41. The number of thiophene rings is 1. The summed E-state index contributed by atoms with van der Waals surface area (Å²) in [6.45, 7) is -0.0950. The predicted octanol–water partition coefficient (Wildman–Crippen LogP) is 2.65. The smallest absolute Gasteiger partial charge is 0.304 e. The Morgan fingerprint density at radius 3 is 2.65 bits per heavy atom. The maximum atomic E-state index is 12.4. The highest BCUT2D eigenvalue weighted by Gasteiger charge is 2.27. The molecule has 1 heterocycles. The van der Waals surface area contributed by atoms with Crippen molar-refractivity contribution in [2.24, 2.45) is 0 Å². The summed E-state index contributed by atoms with van der Waals surface area (Å²) >= 11 is 7.22. The van der Waals surface area contributed by atoms with Crippen LogP contribution in [0, 0.1) is 0 Å². The van der Waals surface area contributed by atoms with Gasteiger partial charge in [0.25, 0.3) is 10.0 Å². The molecule has 0 bridgehead atoms. The van der Waals surface area contributed by atoms with Gasteiger partial charge in [-0.1, -0.05) is 29.8 Å². The maximum Gasteiger partial charge on any atom is 0.304 e. The number of hydrogen-bond acceptors (Lipinski definition) is 4. The van der Waals surface area contributed by atoms with E-state index >= 15 is 0 Å². The molecule has 0 radical (unpaired) electrons. The first-order valence-corrected chi connectivity index (χ1v) is 8.32. The fraction of sp³-hybridized carbons (Fsp3) is 0.250. The van der Waals surface area contributed by atoms with Crippen molar-refractivity contribution in [3.8, 4) is 0 Å². The van der Waals surface area contributed by atoms with Crippen LogP contribution in [-0.4, -0.2) is 37.4 Å². The molecule has 0 amide bonds. The number of benzene rings is 1. The molecular formula is C12H12ClNO4S2. The van der Waals surface area contributed by atoms with E-state index in [4.69, 9.17) is 16.7 Å². The molecule has 2 aromatic rings. The molecule has 1 aromatic carbocycles. The molecule has 0 fully saturated rings. The minimum Gasteiger partial charge on any atom is -0.481 e. The highest BCUT2D eigenvalue weighted by atomic mass is 35.5. The van der Waals surface area contributed by atoms with Gasteiger partial charge < -0.3 is 5.11 Å². The van der Waals surface area contributed by atoms with Crippen LogP contribution >= 0.6 is 22.9 Å². The van der Waals surface area contributed by atoms with Crippen molar-refractivity contribution in [2.45, 2.75) is 10.6 Å². The number of carbonyl (C=O) groups is 1. The topological polar surface area (TPSA) is 74.7 Å². The minimum absolute atomic E-state index is 0.0493. The minimum atomic E-state index is -3.77. The molecule has 8 heteroatoms. The largest absolute Gasteiger partial charge is 0.481 e. The van der Waals surface area contributed by atoms with Crippen LogP contribution in [0.2, 0.25) is 5.02 Å². The SMILES string of the molecule is CN(CCC(=O)O)S(=O)(=O)c1sc2ccccc2c1Cl. The van der Waals surface area contributed by atoms with E-state index < -0.39 is 16.0 Å². The average Bonchev–Trinajstić information content (AvgIpc) is 2.74. The van der Waals surface area contributed by atoms with Gasteiger partial charge in [-0.05, 0) is 6.07 Å². The number of hydrogen-bond donors (Lipinski definition) is 1. The van der Waals surface area contributed by atoms with Crippen LogP contribution < -0.4 is 0 Å². The quantitative estimate of drug-likeness (QED) is 0.912. The van der Waals surface area contributed by atoms with Gasteiger partial charge in [-0.25, -0.2) is 8.42 Å². The molecular weight excluding hydrogens is 322 g/mol. The molecule has 1 N–H and O–H groups in total. The van der Waals surface area contributed by atoms with Gasteiger partial charge >= 0.3 is 5.97 Å². The van der Waals surface area contributed by atoms with Crippen molar-refractivity contribution in [2.75, 3.05) is 13.6 Å². The van der Waals surface area contributed by atoms with Crippen molar-refractivity contribution in [3.05, 3.63) is 29.3 Å². The van der Waals surface area contributed by atoms with Gasteiger partial charge in [0, 0.05) is 23.7 Å². The van der Waals surface area contributed by atoms with Gasteiger partial charge in [0.1, 0.15) is 0 Å². The van der Waals surface area contributed by atoms with Gasteiger partial charge in [0.05, 0.1) is 11.4 Å². The fourth-order valence-electron chi connectivity index (χ4n) is 1.67. The van der Waals surface area contributed by atoms with E-state index in [-0.39, 0.29) is 22.2 Å². The van der Waals surface area contributed by atoms with E-state index in [0.717, 1.165) is 20.3 Å². The normalized spacial score (nSPS) is 12.2. The number of fused-ring (bicyclic) bond motifs is 1. The van der Waals surface area contributed by atoms with E-state index in [0.29, 0.717) is 5.39 Å². The zero-order valence-electron chi connectivity index (χ0n) is 10.5. The van der Waals surface area contributed by atoms with Crippen molar-refractivity contribution >= 4 is 49.0 Å². The number of halogens is 1. The summed E-state index contributed by atoms with van der Waals surface area (Å²) in [5.74, 6) is -1.05. The molecule has 0 spiro atoms. The average molecular weight is 334 g/mol. The van der Waals surface area contributed by atoms with Crippen LogP contribution in [0.1, 0.15) is 6.42 Å². The second kappa shape index (κ2) is 5.69. The Labute approximate surface area is 125 Å². The fourth-order valence-corrected chi connectivity index (χ4v) is 5.15. The number of aliphatic carboxylic acids is 1. The van der Waals surface area contributed by atoms with Gasteiger partial charge in [-0.2, -0.15) is 4.31 Å². The van der Waals surface area contributed by atoms with Crippen LogP contribution in [0.3, 0.4) is 0 Å². The molecule has 2 rings (SSSR count). The van der Waals surface area contributed by atoms with Crippen molar-refractivity contribution in [1.82, 2.24) is 4.31 Å². The first kappa shape index (κ1) is 15.2. The lowest BCUT2D eigenvalue weighted by Crippen LogP contribution is -2.28. The summed E-state index contributed by atoms with van der Waals surface area (Å²) in [5.41, 5.74) is 0. The van der Waals surface area contributed by atoms with E-state index in [2.05, 4.69) is 0 Å². The van der Waals surface area contributed by atoms with Crippen LogP contribution in [-0.2, 0) is 14.8 Å². The van der Waals surface area contributed by atoms with Gasteiger partial charge in [-0.3, -0.25) is 4.79 Å². The summed E-state index contributed by atoms with van der Waals surface area (Å²) in [7, 11) is -2.42. The molecule has 1 aromatic heterocycles. The van der Waals surface area contributed by atoms with Crippen molar-refractivity contribution in [3.63, 3.8) is 0 Å². The molecule has 0 saturated heterocycles. The molecule has 20 heavy (non-hydrogen) atoms. The molecule has 108 valence electrons. The highest BCUT2D eigenvalue weighted by Crippen LogP contribution is 2.39. The van der Waals surface area contributed by atoms with E-state index in [9.17, 15) is 13.2 Å². The van der Waals surface area contributed by atoms with Crippen molar-refractivity contribution < 1.29 is 18.3 Å². The lowest BCUT2D eigenvalue weighted by atomic mass is 10.3. The maximum absolute atomic E-state index is 12.4. The molecule has 0 atom stereocenters. The Morgan fingerprint density at radius 1 is 1.40 bits per heavy atom. The Kier molecular flexibility index (Phi) is 4.33. The Morgan fingerprint density at radius 2 is 2.05 bits per heavy atom. The first-order chi connectivity index (χ1) is 9.34. The zero-order valence-corrected chi connectivity index (χ0v) is 12.9. The number of rotatable bonds is 5. The van der Waals surface area contributed by atoms with Crippen molar-refractivity contribution in [1.29, 1.82) is 0 Å². The molecule has 0 aliphatic rings. The van der Waals surface area contributed by atoms with Crippen LogP contribution in [0.4, 0.5) is 0 Å². The van der Waals surface area contributed by atoms with E-state index in [1.165, 1.54) is 7.05 Å². The third-order valence-corrected chi connectivity index (χ3v) is 6.93. The number of nitrogens with zero attached hydrogens (tertiary/aromatic N) is 1. The summed E-state index contributed by atoms with van der Waals surface area (Å²) in [6, 6.07) is 7.14.